The number of para-hydroxylation sites is 1. The van der Waals surface area contributed by atoms with Crippen molar-refractivity contribution in [1.29, 1.82) is 0 Å². The number of nitrogens with zero attached hydrogens (tertiary/aromatic N) is 4. The van der Waals surface area contributed by atoms with Crippen LogP contribution in [0.4, 0.5) is 0 Å². The molecule has 2 atom stereocenters. The van der Waals surface area contributed by atoms with E-state index in [1.807, 2.05) is 54.3 Å². The summed E-state index contributed by atoms with van der Waals surface area (Å²) < 4.78 is 1.86. The fourth-order valence-electron chi connectivity index (χ4n) is 3.91. The molecule has 27 heavy (non-hydrogen) atoms. The smallest absolute Gasteiger partial charge is 0.245 e. The summed E-state index contributed by atoms with van der Waals surface area (Å²) in [6, 6.07) is 9.24. The minimum absolute atomic E-state index is 0.0299. The van der Waals surface area contributed by atoms with Crippen molar-refractivity contribution < 1.29 is 9.59 Å². The molecular formula is C20H25N5O2. The monoisotopic (exact) mass is 367 g/mol. The maximum atomic E-state index is 12.6. The van der Waals surface area contributed by atoms with E-state index in [9.17, 15) is 9.59 Å². The van der Waals surface area contributed by atoms with Crippen molar-refractivity contribution in [2.75, 3.05) is 19.6 Å². The summed E-state index contributed by atoms with van der Waals surface area (Å²) in [4.78, 5) is 29.1. The van der Waals surface area contributed by atoms with Crippen LogP contribution in [0.25, 0.3) is 5.69 Å². The molecule has 3 heterocycles. The molecule has 0 bridgehead atoms. The summed E-state index contributed by atoms with van der Waals surface area (Å²) in [6.45, 7) is 4.68. The molecule has 0 spiro atoms. The molecule has 2 aromatic rings. The minimum atomic E-state index is -0.386. The first-order valence-corrected chi connectivity index (χ1v) is 9.58. The molecule has 0 radical (unpaired) electrons. The van der Waals surface area contributed by atoms with Gasteiger partial charge in [-0.2, -0.15) is 5.10 Å². The number of piperazine rings is 2. The van der Waals surface area contributed by atoms with E-state index in [0.717, 1.165) is 30.8 Å². The topological polar surface area (TPSA) is 70.5 Å². The number of benzene rings is 1. The number of hydrogen-bond acceptors (Lipinski definition) is 4. The Kier molecular flexibility index (Phi) is 4.94. The van der Waals surface area contributed by atoms with Crippen LogP contribution in [0.15, 0.2) is 42.7 Å². The largest absolute Gasteiger partial charge is 0.342 e. The highest BCUT2D eigenvalue weighted by atomic mass is 16.2. The second-order valence-corrected chi connectivity index (χ2v) is 7.26. The average molecular weight is 367 g/mol. The van der Waals surface area contributed by atoms with Crippen molar-refractivity contribution in [2.24, 2.45) is 0 Å². The maximum Gasteiger partial charge on any atom is 0.245 e. The van der Waals surface area contributed by atoms with E-state index in [2.05, 4.69) is 15.3 Å². The summed E-state index contributed by atoms with van der Waals surface area (Å²) in [5.74, 6) is 0.0377. The van der Waals surface area contributed by atoms with E-state index in [-0.39, 0.29) is 23.9 Å². The van der Waals surface area contributed by atoms with Crippen LogP contribution < -0.4 is 5.32 Å². The summed E-state index contributed by atoms with van der Waals surface area (Å²) in [5.41, 5.74) is 2.12. The first-order valence-electron chi connectivity index (χ1n) is 9.58. The Bertz CT molecular complexity index is 819. The van der Waals surface area contributed by atoms with Crippen LogP contribution in [-0.2, 0) is 16.1 Å². The van der Waals surface area contributed by atoms with E-state index < -0.39 is 0 Å². The van der Waals surface area contributed by atoms with Crippen molar-refractivity contribution >= 4 is 11.8 Å². The zero-order chi connectivity index (χ0) is 18.8. The summed E-state index contributed by atoms with van der Waals surface area (Å²) in [6.07, 6.45) is 5.47. The fraction of sp³-hybridized carbons (Fsp3) is 0.450. The van der Waals surface area contributed by atoms with Crippen LogP contribution in [-0.4, -0.2) is 63.1 Å². The number of carbonyl (C=O) groups is 2. The molecule has 0 saturated carbocycles. The van der Waals surface area contributed by atoms with Gasteiger partial charge >= 0.3 is 0 Å². The number of rotatable bonds is 5. The van der Waals surface area contributed by atoms with E-state index in [1.54, 1.807) is 4.90 Å². The van der Waals surface area contributed by atoms with E-state index in [1.165, 1.54) is 0 Å². The minimum Gasteiger partial charge on any atom is -0.342 e. The van der Waals surface area contributed by atoms with Crippen molar-refractivity contribution in [3.05, 3.63) is 48.3 Å². The number of fused-ring (bicyclic) bond motifs is 1. The van der Waals surface area contributed by atoms with Crippen LogP contribution >= 0.6 is 0 Å². The maximum absolute atomic E-state index is 12.6. The van der Waals surface area contributed by atoms with Crippen LogP contribution in [0, 0.1) is 0 Å². The standard InChI is InChI=1S/C20H25N5O2/c1-2-6-17-20(27)24-10-9-23(14-18(24)19(26)22-17)12-15-11-21-25(13-15)16-7-4-3-5-8-16/h3-5,7-8,11,13,17-18H,2,6,9-10,12,14H2,1H3,(H,22,26)/t17-,18+/m0/s1. The lowest BCUT2D eigenvalue weighted by atomic mass is 10.0. The van der Waals surface area contributed by atoms with Gasteiger partial charge in [0.05, 0.1) is 11.9 Å². The molecule has 2 fully saturated rings. The first kappa shape index (κ1) is 17.7. The molecule has 4 rings (SSSR count). The van der Waals surface area contributed by atoms with Crippen LogP contribution in [0.1, 0.15) is 25.3 Å². The van der Waals surface area contributed by atoms with E-state index in [0.29, 0.717) is 19.5 Å². The summed E-state index contributed by atoms with van der Waals surface area (Å²) >= 11 is 0. The van der Waals surface area contributed by atoms with E-state index in [4.69, 9.17) is 0 Å². The van der Waals surface area contributed by atoms with Gasteiger partial charge in [0.15, 0.2) is 0 Å². The van der Waals surface area contributed by atoms with Crippen molar-refractivity contribution in [2.45, 2.75) is 38.4 Å². The Morgan fingerprint density at radius 1 is 1.19 bits per heavy atom. The highest BCUT2D eigenvalue weighted by molar-refractivity contribution is 5.97. The van der Waals surface area contributed by atoms with Gasteiger partial charge in [-0.25, -0.2) is 4.68 Å². The normalized spacial score (nSPS) is 23.2. The molecule has 7 heteroatoms. The zero-order valence-corrected chi connectivity index (χ0v) is 15.5. The lowest BCUT2D eigenvalue weighted by Gasteiger charge is -2.45. The third-order valence-corrected chi connectivity index (χ3v) is 5.31. The number of carbonyl (C=O) groups excluding carboxylic acids is 2. The third kappa shape index (κ3) is 3.60. The van der Waals surface area contributed by atoms with Crippen molar-refractivity contribution in [3.63, 3.8) is 0 Å². The zero-order valence-electron chi connectivity index (χ0n) is 15.5. The molecule has 0 unspecified atom stereocenters. The highest BCUT2D eigenvalue weighted by Gasteiger charge is 2.42. The lowest BCUT2D eigenvalue weighted by Crippen LogP contribution is -2.69. The number of aromatic nitrogens is 2. The Balaban J connectivity index is 1.41. The van der Waals surface area contributed by atoms with Crippen LogP contribution in [0.5, 0.6) is 0 Å². The molecule has 1 N–H and O–H groups in total. The van der Waals surface area contributed by atoms with Crippen molar-refractivity contribution in [3.8, 4) is 5.69 Å². The first-order chi connectivity index (χ1) is 13.2. The molecule has 0 aliphatic carbocycles. The lowest BCUT2D eigenvalue weighted by molar-refractivity contribution is -0.153. The van der Waals surface area contributed by atoms with Crippen LogP contribution in [0.3, 0.4) is 0 Å². The van der Waals surface area contributed by atoms with E-state index >= 15 is 0 Å². The molecule has 2 aliphatic rings. The molecule has 2 aliphatic heterocycles. The van der Waals surface area contributed by atoms with Gasteiger partial charge in [-0.3, -0.25) is 14.5 Å². The van der Waals surface area contributed by atoms with Crippen LogP contribution in [0.2, 0.25) is 0 Å². The summed E-state index contributed by atoms with van der Waals surface area (Å²) in [7, 11) is 0. The second kappa shape index (κ2) is 7.52. The van der Waals surface area contributed by atoms with Gasteiger partial charge in [-0.1, -0.05) is 31.5 Å². The fourth-order valence-corrected chi connectivity index (χ4v) is 3.91. The highest BCUT2D eigenvalue weighted by Crippen LogP contribution is 2.20. The Hall–Kier alpha value is -2.67. The SMILES string of the molecule is CCC[C@@H]1NC(=O)[C@H]2CN(Cc3cnn(-c4ccccc4)c3)CCN2C1=O. The Morgan fingerprint density at radius 3 is 2.78 bits per heavy atom. The average Bonchev–Trinajstić information content (AvgIpc) is 3.15. The van der Waals surface area contributed by atoms with Crippen molar-refractivity contribution in [1.82, 2.24) is 24.9 Å². The van der Waals surface area contributed by atoms with Gasteiger partial charge < -0.3 is 10.2 Å². The van der Waals surface area contributed by atoms with Gasteiger partial charge in [0.2, 0.25) is 11.8 Å². The summed E-state index contributed by atoms with van der Waals surface area (Å²) in [5, 5.41) is 7.34. The second-order valence-electron chi connectivity index (χ2n) is 7.26. The van der Waals surface area contributed by atoms with Gasteiger partial charge in [-0.05, 0) is 18.6 Å². The molecule has 7 nitrogen and oxygen atoms in total. The number of nitrogens with one attached hydrogen (secondary N) is 1. The predicted octanol–water partition coefficient (Wildman–Crippen LogP) is 1.18. The Labute approximate surface area is 158 Å². The number of hydrogen-bond donors (Lipinski definition) is 1. The molecule has 1 aromatic heterocycles. The van der Waals surface area contributed by atoms with Gasteiger partial charge in [0.25, 0.3) is 0 Å². The van der Waals surface area contributed by atoms with Gasteiger partial charge in [0.1, 0.15) is 12.1 Å². The number of amides is 2. The predicted molar refractivity (Wildman–Crippen MR) is 101 cm³/mol. The quantitative estimate of drug-likeness (QED) is 0.862. The molecule has 1 aromatic carbocycles. The Morgan fingerprint density at radius 2 is 2.00 bits per heavy atom. The molecule has 142 valence electrons. The van der Waals surface area contributed by atoms with Gasteiger partial charge in [0, 0.05) is 37.9 Å². The molecule has 2 amide bonds. The molecule has 2 saturated heterocycles. The molecular weight excluding hydrogens is 342 g/mol. The third-order valence-electron chi connectivity index (χ3n) is 5.31. The van der Waals surface area contributed by atoms with Gasteiger partial charge in [-0.15, -0.1) is 0 Å².